The lowest BCUT2D eigenvalue weighted by atomic mass is 10.0. The van der Waals surface area contributed by atoms with E-state index in [1.807, 2.05) is 0 Å². The fourth-order valence-corrected chi connectivity index (χ4v) is 3.46. The molecule has 3 rings (SSSR count). The molecule has 3 heterocycles. The van der Waals surface area contributed by atoms with Crippen LogP contribution in [0, 0.1) is 0 Å². The van der Waals surface area contributed by atoms with Crippen LogP contribution < -0.4 is 5.69 Å². The topological polar surface area (TPSA) is 104 Å². The molecule has 2 aromatic heterocycles. The molecule has 1 aliphatic rings. The van der Waals surface area contributed by atoms with Gasteiger partial charge in [-0.1, -0.05) is 0 Å². The first-order valence-electron chi connectivity index (χ1n) is 7.07. The standard InChI is InChI=1S/C13H17N5O3S/c1-21-6-8-10(22-7-14-8)12(19)18-5-3-2-4-9(18)11-15-13(20)17-16-11/h7,9H,2-6H2,1H3,(H2,15,16,17,20). The largest absolute Gasteiger partial charge is 0.378 e. The molecule has 0 bridgehead atoms. The van der Waals surface area contributed by atoms with Crippen molar-refractivity contribution in [1.82, 2.24) is 25.1 Å². The van der Waals surface area contributed by atoms with Gasteiger partial charge >= 0.3 is 5.69 Å². The average Bonchev–Trinajstić information content (AvgIpc) is 3.16. The van der Waals surface area contributed by atoms with E-state index in [9.17, 15) is 9.59 Å². The Kier molecular flexibility index (Phi) is 4.34. The molecule has 0 aromatic carbocycles. The number of H-pyrrole nitrogens is 2. The molecule has 2 aromatic rings. The van der Waals surface area contributed by atoms with Crippen LogP contribution in [0.5, 0.6) is 0 Å². The quantitative estimate of drug-likeness (QED) is 0.876. The number of thiazole rings is 1. The van der Waals surface area contributed by atoms with Crippen LogP contribution in [0.4, 0.5) is 0 Å². The van der Waals surface area contributed by atoms with Gasteiger partial charge in [0, 0.05) is 13.7 Å². The summed E-state index contributed by atoms with van der Waals surface area (Å²) in [5.41, 5.74) is 1.94. The van der Waals surface area contributed by atoms with Gasteiger partial charge in [0.25, 0.3) is 5.91 Å². The number of aromatic amines is 2. The van der Waals surface area contributed by atoms with E-state index >= 15 is 0 Å². The molecule has 0 spiro atoms. The fraction of sp³-hybridized carbons (Fsp3) is 0.538. The van der Waals surface area contributed by atoms with Crippen LogP contribution in [0.1, 0.15) is 46.5 Å². The number of methoxy groups -OCH3 is 1. The lowest BCUT2D eigenvalue weighted by Gasteiger charge is -2.34. The van der Waals surface area contributed by atoms with Crippen LogP contribution in [0.3, 0.4) is 0 Å². The summed E-state index contributed by atoms with van der Waals surface area (Å²) in [5, 5.41) is 6.35. The molecule has 0 saturated carbocycles. The number of nitrogens with one attached hydrogen (secondary N) is 2. The number of carbonyl (C=O) groups excluding carboxylic acids is 1. The van der Waals surface area contributed by atoms with Crippen molar-refractivity contribution in [3.63, 3.8) is 0 Å². The molecular weight excluding hydrogens is 306 g/mol. The Morgan fingerprint density at radius 2 is 2.41 bits per heavy atom. The molecule has 1 aliphatic heterocycles. The number of piperidine rings is 1. The van der Waals surface area contributed by atoms with E-state index in [-0.39, 0.29) is 17.6 Å². The van der Waals surface area contributed by atoms with Crippen molar-refractivity contribution < 1.29 is 9.53 Å². The van der Waals surface area contributed by atoms with Gasteiger partial charge in [0.1, 0.15) is 4.88 Å². The number of carbonyl (C=O) groups is 1. The fourth-order valence-electron chi connectivity index (χ4n) is 2.71. The predicted octanol–water partition coefficient (Wildman–Crippen LogP) is 1.07. The van der Waals surface area contributed by atoms with E-state index in [1.165, 1.54) is 11.3 Å². The van der Waals surface area contributed by atoms with Gasteiger partial charge in [-0.3, -0.25) is 9.78 Å². The molecule has 0 aliphatic carbocycles. The van der Waals surface area contributed by atoms with Gasteiger partial charge < -0.3 is 9.64 Å². The highest BCUT2D eigenvalue weighted by atomic mass is 32.1. The maximum Gasteiger partial charge on any atom is 0.340 e. The van der Waals surface area contributed by atoms with E-state index in [0.717, 1.165) is 19.3 Å². The molecule has 22 heavy (non-hydrogen) atoms. The Labute approximate surface area is 130 Å². The summed E-state index contributed by atoms with van der Waals surface area (Å²) in [6, 6.07) is -0.210. The second-order valence-electron chi connectivity index (χ2n) is 5.13. The van der Waals surface area contributed by atoms with E-state index in [0.29, 0.717) is 29.5 Å². The van der Waals surface area contributed by atoms with Crippen molar-refractivity contribution in [3.05, 3.63) is 32.4 Å². The second kappa shape index (κ2) is 6.41. The first kappa shape index (κ1) is 14.9. The zero-order chi connectivity index (χ0) is 15.5. The highest BCUT2D eigenvalue weighted by Gasteiger charge is 2.32. The average molecular weight is 323 g/mol. The SMILES string of the molecule is COCc1ncsc1C(=O)N1CCCCC1c1n[nH]c(=O)[nH]1. The van der Waals surface area contributed by atoms with E-state index in [2.05, 4.69) is 20.2 Å². The minimum absolute atomic E-state index is 0.0805. The molecule has 2 N–H and O–H groups in total. The van der Waals surface area contributed by atoms with Gasteiger partial charge in [0.15, 0.2) is 5.82 Å². The van der Waals surface area contributed by atoms with Gasteiger partial charge in [-0.25, -0.2) is 14.9 Å². The number of aromatic nitrogens is 4. The number of hydrogen-bond donors (Lipinski definition) is 2. The third kappa shape index (κ3) is 2.81. The van der Waals surface area contributed by atoms with Gasteiger partial charge in [-0.05, 0) is 19.3 Å². The van der Waals surface area contributed by atoms with Crippen molar-refractivity contribution >= 4 is 17.2 Å². The Balaban J connectivity index is 1.88. The third-order valence-electron chi connectivity index (χ3n) is 3.72. The normalized spacial score (nSPS) is 18.6. The molecule has 1 saturated heterocycles. The lowest BCUT2D eigenvalue weighted by molar-refractivity contribution is 0.0600. The van der Waals surface area contributed by atoms with Gasteiger partial charge in [-0.2, -0.15) is 5.10 Å². The van der Waals surface area contributed by atoms with Gasteiger partial charge in [0.2, 0.25) is 0 Å². The Hall–Kier alpha value is -2.00. The van der Waals surface area contributed by atoms with E-state index < -0.39 is 0 Å². The summed E-state index contributed by atoms with van der Waals surface area (Å²) in [4.78, 5) is 33.3. The van der Waals surface area contributed by atoms with Crippen molar-refractivity contribution in [1.29, 1.82) is 0 Å². The van der Waals surface area contributed by atoms with Crippen LogP contribution in [-0.2, 0) is 11.3 Å². The Bertz CT molecular complexity index is 706. The summed E-state index contributed by atoms with van der Waals surface area (Å²) < 4.78 is 5.09. The minimum Gasteiger partial charge on any atom is -0.378 e. The lowest BCUT2D eigenvalue weighted by Crippen LogP contribution is -2.39. The number of rotatable bonds is 4. The third-order valence-corrected chi connectivity index (χ3v) is 4.57. The molecule has 118 valence electrons. The van der Waals surface area contributed by atoms with Crippen molar-refractivity contribution in [2.75, 3.05) is 13.7 Å². The number of nitrogens with zero attached hydrogens (tertiary/aromatic N) is 3. The smallest absolute Gasteiger partial charge is 0.340 e. The minimum atomic E-state index is -0.356. The second-order valence-corrected chi connectivity index (χ2v) is 5.99. The zero-order valence-electron chi connectivity index (χ0n) is 12.2. The summed E-state index contributed by atoms with van der Waals surface area (Å²) in [5.74, 6) is 0.430. The molecule has 0 radical (unpaired) electrons. The molecular formula is C13H17N5O3S. The molecule has 1 unspecified atom stereocenters. The van der Waals surface area contributed by atoms with Crippen LogP contribution >= 0.6 is 11.3 Å². The molecule has 8 nitrogen and oxygen atoms in total. The molecule has 1 atom stereocenters. The summed E-state index contributed by atoms with van der Waals surface area (Å²) in [6.07, 6.45) is 2.72. The maximum absolute atomic E-state index is 12.9. The highest BCUT2D eigenvalue weighted by Crippen LogP contribution is 2.31. The Morgan fingerprint density at radius 1 is 1.55 bits per heavy atom. The van der Waals surface area contributed by atoms with Crippen molar-refractivity contribution in [2.24, 2.45) is 0 Å². The Morgan fingerprint density at radius 3 is 3.14 bits per heavy atom. The van der Waals surface area contributed by atoms with Crippen LogP contribution in [-0.4, -0.2) is 44.6 Å². The van der Waals surface area contributed by atoms with Crippen molar-refractivity contribution in [2.45, 2.75) is 31.9 Å². The van der Waals surface area contributed by atoms with E-state index in [1.54, 1.807) is 17.5 Å². The van der Waals surface area contributed by atoms with E-state index in [4.69, 9.17) is 4.74 Å². The predicted molar refractivity (Wildman–Crippen MR) is 79.7 cm³/mol. The monoisotopic (exact) mass is 323 g/mol. The molecule has 1 fully saturated rings. The van der Waals surface area contributed by atoms with Crippen molar-refractivity contribution in [3.8, 4) is 0 Å². The summed E-state index contributed by atoms with van der Waals surface area (Å²) >= 11 is 1.31. The zero-order valence-corrected chi connectivity index (χ0v) is 13.0. The first-order valence-corrected chi connectivity index (χ1v) is 7.95. The van der Waals surface area contributed by atoms with Gasteiger partial charge in [-0.15, -0.1) is 11.3 Å². The van der Waals surface area contributed by atoms with Crippen LogP contribution in [0.2, 0.25) is 0 Å². The summed E-state index contributed by atoms with van der Waals surface area (Å²) in [7, 11) is 1.58. The molecule has 9 heteroatoms. The maximum atomic E-state index is 12.9. The molecule has 1 amide bonds. The number of ether oxygens (including phenoxy) is 1. The first-order chi connectivity index (χ1) is 10.7. The van der Waals surface area contributed by atoms with Gasteiger partial charge in [0.05, 0.1) is 23.9 Å². The summed E-state index contributed by atoms with van der Waals surface area (Å²) in [6.45, 7) is 0.949. The van der Waals surface area contributed by atoms with Crippen LogP contribution in [0.15, 0.2) is 10.3 Å². The number of hydrogen-bond acceptors (Lipinski definition) is 6. The number of amides is 1. The van der Waals surface area contributed by atoms with Crippen LogP contribution in [0.25, 0.3) is 0 Å². The number of likely N-dealkylation sites (tertiary alicyclic amines) is 1. The highest BCUT2D eigenvalue weighted by molar-refractivity contribution is 7.11.